The molecule has 6 nitrogen and oxygen atoms in total. The molecule has 0 aromatic heterocycles. The Kier molecular flexibility index (Phi) is 8.24. The fraction of sp³-hybridized carbons (Fsp3) is 0.905. The molecular weight excluding hydrogens is 340 g/mol. The quantitative estimate of drug-likeness (QED) is 0.276. The van der Waals surface area contributed by atoms with Crippen LogP contribution in [0.3, 0.4) is 0 Å². The van der Waals surface area contributed by atoms with E-state index in [1.165, 1.54) is 38.5 Å². The van der Waals surface area contributed by atoms with Crippen molar-refractivity contribution in [1.82, 2.24) is 16.0 Å². The molecule has 0 spiro atoms. The highest BCUT2D eigenvalue weighted by Crippen LogP contribution is 2.26. The van der Waals surface area contributed by atoms with Gasteiger partial charge in [-0.15, -0.1) is 0 Å². The second kappa shape index (κ2) is 10.9. The topological polar surface area (TPSA) is 74.8 Å². The number of aliphatic imine (C=N–C) groups is 1. The van der Waals surface area contributed by atoms with Crippen LogP contribution in [0.5, 0.6) is 0 Å². The van der Waals surface area contributed by atoms with Crippen molar-refractivity contribution in [2.75, 3.05) is 20.2 Å². The molecule has 27 heavy (non-hydrogen) atoms. The van der Waals surface area contributed by atoms with Crippen LogP contribution in [0.2, 0.25) is 0 Å². The van der Waals surface area contributed by atoms with Crippen LogP contribution in [0.1, 0.15) is 77.0 Å². The first kappa shape index (κ1) is 20.4. The van der Waals surface area contributed by atoms with Gasteiger partial charge in [-0.05, 0) is 44.9 Å². The maximum Gasteiger partial charge on any atom is 0.223 e. The Morgan fingerprint density at radius 3 is 2.41 bits per heavy atom. The molecule has 0 aliphatic heterocycles. The van der Waals surface area contributed by atoms with Gasteiger partial charge in [-0.25, -0.2) is 0 Å². The minimum atomic E-state index is 0.147. The van der Waals surface area contributed by atoms with Gasteiger partial charge in [0.05, 0.1) is 12.7 Å². The molecule has 2 atom stereocenters. The van der Waals surface area contributed by atoms with Gasteiger partial charge in [0, 0.05) is 31.6 Å². The summed E-state index contributed by atoms with van der Waals surface area (Å²) in [6.45, 7) is 1.50. The van der Waals surface area contributed by atoms with Crippen molar-refractivity contribution < 1.29 is 9.53 Å². The van der Waals surface area contributed by atoms with E-state index in [1.54, 1.807) is 0 Å². The lowest BCUT2D eigenvalue weighted by Crippen LogP contribution is -2.47. The van der Waals surface area contributed by atoms with Crippen molar-refractivity contribution in [3.8, 4) is 0 Å². The highest BCUT2D eigenvalue weighted by Gasteiger charge is 2.31. The number of carbonyl (C=O) groups excluding carboxylic acids is 1. The number of rotatable bonds is 7. The van der Waals surface area contributed by atoms with Crippen LogP contribution in [0.15, 0.2) is 4.99 Å². The minimum absolute atomic E-state index is 0.147. The minimum Gasteiger partial charge on any atom is -0.376 e. The second-order valence-corrected chi connectivity index (χ2v) is 8.47. The van der Waals surface area contributed by atoms with Crippen LogP contribution in [0.4, 0.5) is 0 Å². The van der Waals surface area contributed by atoms with Gasteiger partial charge in [0.15, 0.2) is 5.96 Å². The molecule has 2 unspecified atom stereocenters. The Labute approximate surface area is 164 Å². The van der Waals surface area contributed by atoms with E-state index in [0.717, 1.165) is 57.6 Å². The van der Waals surface area contributed by atoms with Crippen molar-refractivity contribution >= 4 is 11.9 Å². The monoisotopic (exact) mass is 378 g/mol. The molecule has 0 aromatic rings. The SMILES string of the molecule is CN=C(NCCOC1CCCCCC1)NC1CCCC(C(=O)NC2CC2)C1. The van der Waals surface area contributed by atoms with E-state index in [9.17, 15) is 4.79 Å². The summed E-state index contributed by atoms with van der Waals surface area (Å²) in [5.74, 6) is 1.23. The number of ether oxygens (including phenoxy) is 1. The molecule has 0 bridgehead atoms. The molecule has 154 valence electrons. The summed E-state index contributed by atoms with van der Waals surface area (Å²) in [7, 11) is 1.81. The van der Waals surface area contributed by atoms with E-state index in [4.69, 9.17) is 4.74 Å². The number of nitrogens with one attached hydrogen (secondary N) is 3. The predicted octanol–water partition coefficient (Wildman–Crippen LogP) is 2.73. The molecule has 3 rings (SSSR count). The Morgan fingerprint density at radius 1 is 0.926 bits per heavy atom. The molecule has 3 aliphatic rings. The molecular formula is C21H38N4O2. The van der Waals surface area contributed by atoms with E-state index in [-0.39, 0.29) is 11.8 Å². The van der Waals surface area contributed by atoms with E-state index >= 15 is 0 Å². The van der Waals surface area contributed by atoms with Gasteiger partial charge in [-0.2, -0.15) is 0 Å². The van der Waals surface area contributed by atoms with E-state index in [0.29, 0.717) is 18.2 Å². The third-order valence-electron chi connectivity index (χ3n) is 6.08. The average molecular weight is 379 g/mol. The maximum atomic E-state index is 12.3. The van der Waals surface area contributed by atoms with Gasteiger partial charge in [0.25, 0.3) is 0 Å². The van der Waals surface area contributed by atoms with Crippen LogP contribution in [-0.2, 0) is 9.53 Å². The predicted molar refractivity (Wildman–Crippen MR) is 109 cm³/mol. The molecule has 0 heterocycles. The molecule has 6 heteroatoms. The summed E-state index contributed by atoms with van der Waals surface area (Å²) in [5, 5.41) is 10.0. The van der Waals surface area contributed by atoms with Gasteiger partial charge < -0.3 is 20.7 Å². The summed E-state index contributed by atoms with van der Waals surface area (Å²) < 4.78 is 6.04. The third-order valence-corrected chi connectivity index (χ3v) is 6.08. The first-order chi connectivity index (χ1) is 13.2. The molecule has 3 saturated carbocycles. The number of hydrogen-bond acceptors (Lipinski definition) is 3. The molecule has 0 radical (unpaired) electrons. The van der Waals surface area contributed by atoms with E-state index < -0.39 is 0 Å². The zero-order chi connectivity index (χ0) is 18.9. The fourth-order valence-electron chi connectivity index (χ4n) is 4.30. The Bertz CT molecular complexity index is 485. The van der Waals surface area contributed by atoms with Crippen molar-refractivity contribution in [3.63, 3.8) is 0 Å². The first-order valence-electron chi connectivity index (χ1n) is 11.1. The molecule has 0 aromatic carbocycles. The van der Waals surface area contributed by atoms with Gasteiger partial charge in [0.1, 0.15) is 0 Å². The van der Waals surface area contributed by atoms with Crippen LogP contribution < -0.4 is 16.0 Å². The number of amides is 1. The zero-order valence-electron chi connectivity index (χ0n) is 17.0. The van der Waals surface area contributed by atoms with Crippen molar-refractivity contribution in [3.05, 3.63) is 0 Å². The number of nitrogens with zero attached hydrogens (tertiary/aromatic N) is 1. The van der Waals surface area contributed by atoms with Gasteiger partial charge in [-0.3, -0.25) is 9.79 Å². The van der Waals surface area contributed by atoms with Gasteiger partial charge >= 0.3 is 0 Å². The van der Waals surface area contributed by atoms with Crippen molar-refractivity contribution in [2.24, 2.45) is 10.9 Å². The van der Waals surface area contributed by atoms with Gasteiger partial charge in [0.2, 0.25) is 5.91 Å². The average Bonchev–Trinajstić information content (AvgIpc) is 3.52. The Hall–Kier alpha value is -1.30. The van der Waals surface area contributed by atoms with Crippen LogP contribution in [-0.4, -0.2) is 50.3 Å². The van der Waals surface area contributed by atoms with E-state index in [1.807, 2.05) is 7.05 Å². The fourth-order valence-corrected chi connectivity index (χ4v) is 4.30. The lowest BCUT2D eigenvalue weighted by Gasteiger charge is -2.30. The molecule has 3 N–H and O–H groups in total. The van der Waals surface area contributed by atoms with Crippen molar-refractivity contribution in [1.29, 1.82) is 0 Å². The van der Waals surface area contributed by atoms with Crippen LogP contribution >= 0.6 is 0 Å². The Morgan fingerprint density at radius 2 is 1.70 bits per heavy atom. The summed E-state index contributed by atoms with van der Waals surface area (Å²) in [5.41, 5.74) is 0. The molecule has 3 fully saturated rings. The standard InChI is InChI=1S/C21H38N4O2/c1-22-21(23-13-14-27-19-9-4-2-3-5-10-19)25-18-8-6-7-16(15-18)20(26)24-17-11-12-17/h16-19H,2-15H2,1H3,(H,24,26)(H2,22,23,25). The largest absolute Gasteiger partial charge is 0.376 e. The number of carbonyl (C=O) groups is 1. The van der Waals surface area contributed by atoms with E-state index in [2.05, 4.69) is 20.9 Å². The molecule has 0 saturated heterocycles. The Balaban J connectivity index is 1.33. The lowest BCUT2D eigenvalue weighted by atomic mass is 9.85. The highest BCUT2D eigenvalue weighted by atomic mass is 16.5. The summed E-state index contributed by atoms with van der Waals surface area (Å²) in [4.78, 5) is 16.7. The number of hydrogen-bond donors (Lipinski definition) is 3. The second-order valence-electron chi connectivity index (χ2n) is 8.47. The van der Waals surface area contributed by atoms with Crippen molar-refractivity contribution in [2.45, 2.75) is 95.2 Å². The first-order valence-corrected chi connectivity index (χ1v) is 11.1. The van der Waals surface area contributed by atoms with Crippen LogP contribution in [0.25, 0.3) is 0 Å². The number of guanidine groups is 1. The highest BCUT2D eigenvalue weighted by molar-refractivity contribution is 5.81. The summed E-state index contributed by atoms with van der Waals surface area (Å²) >= 11 is 0. The lowest BCUT2D eigenvalue weighted by molar-refractivity contribution is -0.126. The smallest absolute Gasteiger partial charge is 0.223 e. The summed E-state index contributed by atoms with van der Waals surface area (Å²) in [6.07, 6.45) is 14.6. The third kappa shape index (κ3) is 7.32. The summed E-state index contributed by atoms with van der Waals surface area (Å²) in [6, 6.07) is 0.774. The normalized spacial score (nSPS) is 27.7. The molecule has 3 aliphatic carbocycles. The zero-order valence-corrected chi connectivity index (χ0v) is 17.0. The van der Waals surface area contributed by atoms with Gasteiger partial charge in [-0.1, -0.05) is 32.1 Å². The van der Waals surface area contributed by atoms with Crippen LogP contribution in [0, 0.1) is 5.92 Å². The molecule has 1 amide bonds. The maximum absolute atomic E-state index is 12.3.